The Hall–Kier alpha value is -1.72. The Kier molecular flexibility index (Phi) is 5.96. The Balaban J connectivity index is 2.17. The van der Waals surface area contributed by atoms with E-state index in [4.69, 9.17) is 13.9 Å². The Morgan fingerprint density at radius 2 is 1.36 bits per heavy atom. The molecular formula is C24H32O3Si. The van der Waals surface area contributed by atoms with Crippen molar-refractivity contribution in [1.29, 1.82) is 0 Å². The summed E-state index contributed by atoms with van der Waals surface area (Å²) < 4.78 is 18.7. The molecule has 0 fully saturated rings. The molecule has 0 radical (unpaired) electrons. The fraction of sp³-hybridized carbons (Fsp3) is 0.417. The second kappa shape index (κ2) is 7.95. The van der Waals surface area contributed by atoms with Crippen molar-refractivity contribution in [3.63, 3.8) is 0 Å². The van der Waals surface area contributed by atoms with Gasteiger partial charge in [0.15, 0.2) is 6.29 Å². The van der Waals surface area contributed by atoms with E-state index >= 15 is 0 Å². The predicted octanol–water partition coefficient (Wildman–Crippen LogP) is 4.27. The van der Waals surface area contributed by atoms with E-state index in [1.807, 2.05) is 6.08 Å². The van der Waals surface area contributed by atoms with Crippen LogP contribution in [0.2, 0.25) is 5.04 Å². The van der Waals surface area contributed by atoms with Gasteiger partial charge in [-0.3, -0.25) is 0 Å². The molecule has 1 heterocycles. The minimum absolute atomic E-state index is 0.0717. The molecule has 4 heteroatoms. The lowest BCUT2D eigenvalue weighted by molar-refractivity contribution is -0.194. The summed E-state index contributed by atoms with van der Waals surface area (Å²) >= 11 is 0. The van der Waals surface area contributed by atoms with E-state index in [1.54, 1.807) is 7.11 Å². The van der Waals surface area contributed by atoms with E-state index in [-0.39, 0.29) is 17.4 Å². The highest BCUT2D eigenvalue weighted by Gasteiger charge is 2.53. The Morgan fingerprint density at radius 1 is 0.857 bits per heavy atom. The molecule has 2 atom stereocenters. The Bertz CT molecular complexity index is 754. The van der Waals surface area contributed by atoms with Gasteiger partial charge < -0.3 is 13.9 Å². The molecule has 0 saturated carbocycles. The molecule has 1 aliphatic rings. The molecular weight excluding hydrogens is 364 g/mol. The fourth-order valence-electron chi connectivity index (χ4n) is 4.02. The van der Waals surface area contributed by atoms with Crippen LogP contribution in [0.3, 0.4) is 0 Å². The molecule has 28 heavy (non-hydrogen) atoms. The summed E-state index contributed by atoms with van der Waals surface area (Å²) in [7, 11) is -0.969. The average Bonchev–Trinajstić information content (AvgIpc) is 2.67. The fourth-order valence-corrected chi connectivity index (χ4v) is 8.78. The lowest BCUT2D eigenvalue weighted by Gasteiger charge is -2.48. The van der Waals surface area contributed by atoms with E-state index in [1.165, 1.54) is 10.4 Å². The van der Waals surface area contributed by atoms with Crippen molar-refractivity contribution in [3.8, 4) is 0 Å². The van der Waals surface area contributed by atoms with Crippen LogP contribution in [0.5, 0.6) is 0 Å². The van der Waals surface area contributed by atoms with Crippen molar-refractivity contribution in [2.24, 2.45) is 0 Å². The van der Waals surface area contributed by atoms with Gasteiger partial charge in [0.1, 0.15) is 0 Å². The van der Waals surface area contributed by atoms with E-state index in [0.29, 0.717) is 0 Å². The zero-order valence-corrected chi connectivity index (χ0v) is 18.8. The molecule has 0 saturated heterocycles. The maximum absolute atomic E-state index is 7.20. The van der Waals surface area contributed by atoms with Crippen LogP contribution in [-0.2, 0) is 13.9 Å². The molecule has 2 aromatic carbocycles. The molecule has 0 amide bonds. The van der Waals surface area contributed by atoms with Crippen LogP contribution in [0.25, 0.3) is 0 Å². The molecule has 3 rings (SSSR count). The van der Waals surface area contributed by atoms with Crippen LogP contribution in [-0.4, -0.2) is 33.4 Å². The summed E-state index contributed by atoms with van der Waals surface area (Å²) in [4.78, 5) is 0. The molecule has 0 unspecified atom stereocenters. The average molecular weight is 397 g/mol. The third kappa shape index (κ3) is 3.87. The number of methoxy groups -OCH3 is 1. The molecule has 150 valence electrons. The van der Waals surface area contributed by atoms with Crippen molar-refractivity contribution in [3.05, 3.63) is 72.8 Å². The highest BCUT2D eigenvalue weighted by atomic mass is 28.4. The number of hydrogen-bond acceptors (Lipinski definition) is 3. The van der Waals surface area contributed by atoms with Crippen LogP contribution in [0, 0.1) is 0 Å². The molecule has 0 bridgehead atoms. The molecule has 3 nitrogen and oxygen atoms in total. The van der Waals surface area contributed by atoms with Crippen LogP contribution in [0.1, 0.15) is 34.6 Å². The molecule has 1 aliphatic heterocycles. The molecule has 0 N–H and O–H groups in total. The van der Waals surface area contributed by atoms with Gasteiger partial charge in [-0.15, -0.1) is 0 Å². The highest BCUT2D eigenvalue weighted by molar-refractivity contribution is 6.99. The van der Waals surface area contributed by atoms with Gasteiger partial charge in [-0.05, 0) is 35.3 Å². The molecule has 0 aliphatic carbocycles. The van der Waals surface area contributed by atoms with Gasteiger partial charge in [0, 0.05) is 7.11 Å². The SMILES string of the molecule is CO[C@@H]1C=C[C@@H](O[Si](c2ccccc2)(c2ccccc2)C(C)(C)C)C(C)(C)O1. The van der Waals surface area contributed by atoms with Crippen molar-refractivity contribution in [2.75, 3.05) is 7.11 Å². The monoisotopic (exact) mass is 396 g/mol. The summed E-state index contributed by atoms with van der Waals surface area (Å²) in [6.07, 6.45) is 3.55. The van der Waals surface area contributed by atoms with Gasteiger partial charge in [-0.1, -0.05) is 87.5 Å². The first-order valence-corrected chi connectivity index (χ1v) is 11.8. The third-order valence-electron chi connectivity index (χ3n) is 5.50. The number of hydrogen-bond donors (Lipinski definition) is 0. The molecule has 0 aromatic heterocycles. The second-order valence-electron chi connectivity index (χ2n) is 8.91. The molecule has 2 aromatic rings. The van der Waals surface area contributed by atoms with Crippen LogP contribution >= 0.6 is 0 Å². The quantitative estimate of drug-likeness (QED) is 0.558. The predicted molar refractivity (Wildman–Crippen MR) is 118 cm³/mol. The number of benzene rings is 2. The van der Waals surface area contributed by atoms with E-state index in [0.717, 1.165) is 0 Å². The number of rotatable bonds is 5. The van der Waals surface area contributed by atoms with E-state index in [2.05, 4.69) is 101 Å². The maximum Gasteiger partial charge on any atom is 0.262 e. The molecule has 0 spiro atoms. The standard InChI is InChI=1S/C24H32O3Si/c1-23(2,3)28(19-13-9-7-10-14-19,20-15-11-8-12-16-20)27-21-17-18-22(25-6)26-24(21,4)5/h7-18,21-22H,1-6H3/t21-,22+/m1/s1. The van der Waals surface area contributed by atoms with Crippen LogP contribution < -0.4 is 10.4 Å². The smallest absolute Gasteiger partial charge is 0.262 e. The van der Waals surface area contributed by atoms with Gasteiger partial charge in [-0.25, -0.2) is 0 Å². The Labute approximate surface area is 170 Å². The van der Waals surface area contributed by atoms with Gasteiger partial charge in [0.25, 0.3) is 8.32 Å². The van der Waals surface area contributed by atoms with E-state index < -0.39 is 13.9 Å². The van der Waals surface area contributed by atoms with Gasteiger partial charge in [0.2, 0.25) is 0 Å². The lowest BCUT2D eigenvalue weighted by Crippen LogP contribution is -2.69. The van der Waals surface area contributed by atoms with Gasteiger partial charge in [0.05, 0.1) is 11.7 Å². The first-order valence-electron chi connectivity index (χ1n) is 9.88. The topological polar surface area (TPSA) is 27.7 Å². The normalized spacial score (nSPS) is 22.2. The summed E-state index contributed by atoms with van der Waals surface area (Å²) in [6, 6.07) is 21.4. The Morgan fingerprint density at radius 3 is 1.75 bits per heavy atom. The van der Waals surface area contributed by atoms with E-state index in [9.17, 15) is 0 Å². The first-order chi connectivity index (χ1) is 13.2. The van der Waals surface area contributed by atoms with Crippen molar-refractivity contribution in [1.82, 2.24) is 0 Å². The van der Waals surface area contributed by atoms with Crippen molar-refractivity contribution in [2.45, 2.75) is 57.7 Å². The highest BCUT2D eigenvalue weighted by Crippen LogP contribution is 2.40. The summed E-state index contributed by atoms with van der Waals surface area (Å²) in [5.74, 6) is 0. The zero-order chi connectivity index (χ0) is 20.4. The van der Waals surface area contributed by atoms with Gasteiger partial charge in [-0.2, -0.15) is 0 Å². The summed E-state index contributed by atoms with van der Waals surface area (Å²) in [5.41, 5.74) is -0.498. The summed E-state index contributed by atoms with van der Waals surface area (Å²) in [6.45, 7) is 11.0. The third-order valence-corrected chi connectivity index (χ3v) is 10.5. The van der Waals surface area contributed by atoms with Crippen molar-refractivity contribution >= 4 is 18.7 Å². The van der Waals surface area contributed by atoms with Crippen LogP contribution in [0.15, 0.2) is 72.8 Å². The largest absolute Gasteiger partial charge is 0.398 e. The second-order valence-corrected chi connectivity index (χ2v) is 13.2. The van der Waals surface area contributed by atoms with Crippen LogP contribution in [0.4, 0.5) is 0 Å². The maximum atomic E-state index is 7.20. The number of ether oxygens (including phenoxy) is 2. The zero-order valence-electron chi connectivity index (χ0n) is 17.8. The minimum atomic E-state index is -2.63. The minimum Gasteiger partial charge on any atom is -0.398 e. The lowest BCUT2D eigenvalue weighted by atomic mass is 9.99. The summed E-state index contributed by atoms with van der Waals surface area (Å²) in [5, 5.41) is 2.47. The van der Waals surface area contributed by atoms with Crippen molar-refractivity contribution < 1.29 is 13.9 Å². The first kappa shape index (κ1) is 21.0. The van der Waals surface area contributed by atoms with Gasteiger partial charge >= 0.3 is 0 Å².